The Kier molecular flexibility index (Phi) is 7.02. The molecule has 1 aromatic carbocycles. The molecule has 20 heavy (non-hydrogen) atoms. The molecule has 3 nitrogen and oxygen atoms in total. The molecule has 3 N–H and O–H groups in total. The van der Waals surface area contributed by atoms with Crippen LogP contribution in [0.15, 0.2) is 24.3 Å². The van der Waals surface area contributed by atoms with Gasteiger partial charge in [0.25, 0.3) is 0 Å². The Morgan fingerprint density at radius 1 is 1.45 bits per heavy atom. The molecule has 0 spiro atoms. The average Bonchev–Trinajstić information content (AvgIpc) is 2.39. The third-order valence-electron chi connectivity index (χ3n) is 3.25. The fourth-order valence-electron chi connectivity index (χ4n) is 2.17. The van der Waals surface area contributed by atoms with Crippen LogP contribution in [0.25, 0.3) is 6.08 Å². The summed E-state index contributed by atoms with van der Waals surface area (Å²) in [6, 6.07) is 6.13. The number of aliphatic hydroxyl groups excluding tert-OH is 1. The zero-order valence-electron chi connectivity index (χ0n) is 12.4. The van der Waals surface area contributed by atoms with Crippen LogP contribution in [0, 0.1) is 6.92 Å². The smallest absolute Gasteiger partial charge is 0.217 e. The van der Waals surface area contributed by atoms with E-state index in [1.807, 2.05) is 37.3 Å². The minimum absolute atomic E-state index is 0.257. The number of hydrogen-bond acceptors (Lipinski definition) is 2. The van der Waals surface area contributed by atoms with Crippen LogP contribution >= 0.6 is 0 Å². The van der Waals surface area contributed by atoms with Crippen LogP contribution in [-0.2, 0) is 4.79 Å². The minimum Gasteiger partial charge on any atom is -0.388 e. The van der Waals surface area contributed by atoms with Gasteiger partial charge >= 0.3 is 0 Å². The molecule has 3 heteroatoms. The Morgan fingerprint density at radius 2 is 2.20 bits per heavy atom. The number of carbonyl (C=O) groups is 1. The second-order valence-electron chi connectivity index (χ2n) is 5.20. The van der Waals surface area contributed by atoms with E-state index in [0.29, 0.717) is 6.42 Å². The van der Waals surface area contributed by atoms with Crippen molar-refractivity contribution in [3.05, 3.63) is 41.0 Å². The first-order valence-electron chi connectivity index (χ1n) is 7.28. The van der Waals surface area contributed by atoms with Crippen LogP contribution in [-0.4, -0.2) is 11.0 Å². The standard InChI is InChI=1S/C17H25NO2/c1-3-7-16(19)15-12-13(2)10-11-14(15)8-5-4-6-9-17(18)20/h5,8,10-12,16,19H,3-4,6-7,9H2,1-2H3,(H2,18,20)/b8-5+. The number of benzene rings is 1. The first-order valence-corrected chi connectivity index (χ1v) is 7.28. The molecular weight excluding hydrogens is 250 g/mol. The lowest BCUT2D eigenvalue weighted by Crippen LogP contribution is -2.09. The molecule has 0 saturated heterocycles. The van der Waals surface area contributed by atoms with E-state index in [1.54, 1.807) is 0 Å². The predicted molar refractivity (Wildman–Crippen MR) is 83.1 cm³/mol. The zero-order valence-corrected chi connectivity index (χ0v) is 12.4. The lowest BCUT2D eigenvalue weighted by molar-refractivity contribution is -0.118. The van der Waals surface area contributed by atoms with Crippen molar-refractivity contribution < 1.29 is 9.90 Å². The Balaban J connectivity index is 2.73. The van der Waals surface area contributed by atoms with E-state index in [9.17, 15) is 9.90 Å². The van der Waals surface area contributed by atoms with Crippen molar-refractivity contribution in [2.24, 2.45) is 5.73 Å². The monoisotopic (exact) mass is 275 g/mol. The molecule has 1 rings (SSSR count). The van der Waals surface area contributed by atoms with Crippen molar-refractivity contribution in [3.63, 3.8) is 0 Å². The van der Waals surface area contributed by atoms with Crippen LogP contribution in [0.1, 0.15) is 61.8 Å². The summed E-state index contributed by atoms with van der Waals surface area (Å²) in [5, 5.41) is 10.2. The number of amides is 1. The molecule has 1 unspecified atom stereocenters. The molecule has 0 aliphatic rings. The molecule has 110 valence electrons. The molecule has 0 aliphatic heterocycles. The first-order chi connectivity index (χ1) is 9.54. The van der Waals surface area contributed by atoms with Gasteiger partial charge in [0.1, 0.15) is 0 Å². The van der Waals surface area contributed by atoms with Crippen LogP contribution in [0.2, 0.25) is 0 Å². The van der Waals surface area contributed by atoms with E-state index >= 15 is 0 Å². The van der Waals surface area contributed by atoms with Crippen LogP contribution in [0.3, 0.4) is 0 Å². The van der Waals surface area contributed by atoms with Crippen molar-refractivity contribution in [3.8, 4) is 0 Å². The molecule has 0 bridgehead atoms. The maximum absolute atomic E-state index is 10.7. The largest absolute Gasteiger partial charge is 0.388 e. The van der Waals surface area contributed by atoms with Gasteiger partial charge in [0.15, 0.2) is 0 Å². The van der Waals surface area contributed by atoms with Crippen molar-refractivity contribution in [1.29, 1.82) is 0 Å². The fourth-order valence-corrected chi connectivity index (χ4v) is 2.17. The van der Waals surface area contributed by atoms with E-state index in [-0.39, 0.29) is 5.91 Å². The Hall–Kier alpha value is -1.61. The lowest BCUT2D eigenvalue weighted by atomic mass is 9.96. The molecule has 0 fully saturated rings. The molecule has 0 aliphatic carbocycles. The number of primary amides is 1. The number of nitrogens with two attached hydrogens (primary N) is 1. The SMILES string of the molecule is CCCC(O)c1cc(C)ccc1/C=C/CCCC(N)=O. The van der Waals surface area contributed by atoms with Gasteiger partial charge in [-0.05, 0) is 37.3 Å². The summed E-state index contributed by atoms with van der Waals surface area (Å²) in [6.45, 7) is 4.10. The molecular formula is C17H25NO2. The third-order valence-corrected chi connectivity index (χ3v) is 3.25. The first kappa shape index (κ1) is 16.4. The molecule has 1 atom stereocenters. The average molecular weight is 275 g/mol. The highest BCUT2D eigenvalue weighted by atomic mass is 16.3. The van der Waals surface area contributed by atoms with Gasteiger partial charge in [-0.3, -0.25) is 4.79 Å². The molecule has 0 aromatic heterocycles. The predicted octanol–water partition coefficient (Wildman–Crippen LogP) is 3.50. The van der Waals surface area contributed by atoms with E-state index in [4.69, 9.17) is 5.73 Å². The van der Waals surface area contributed by atoms with Crippen LogP contribution in [0.5, 0.6) is 0 Å². The van der Waals surface area contributed by atoms with E-state index in [2.05, 4.69) is 6.92 Å². The summed E-state index contributed by atoms with van der Waals surface area (Å²) in [5.74, 6) is -0.257. The summed E-state index contributed by atoms with van der Waals surface area (Å²) >= 11 is 0. The van der Waals surface area contributed by atoms with Gasteiger partial charge in [-0.25, -0.2) is 0 Å². The summed E-state index contributed by atoms with van der Waals surface area (Å²) < 4.78 is 0. The second-order valence-corrected chi connectivity index (χ2v) is 5.20. The Bertz CT molecular complexity index is 466. The van der Waals surface area contributed by atoms with Gasteiger partial charge in [0.2, 0.25) is 5.91 Å². The van der Waals surface area contributed by atoms with Gasteiger partial charge in [-0.1, -0.05) is 49.3 Å². The van der Waals surface area contributed by atoms with Crippen LogP contribution in [0.4, 0.5) is 0 Å². The fraction of sp³-hybridized carbons (Fsp3) is 0.471. The normalized spacial score (nSPS) is 12.8. The third kappa shape index (κ3) is 5.57. The number of hydrogen-bond donors (Lipinski definition) is 2. The number of aliphatic hydroxyl groups is 1. The number of unbranched alkanes of at least 4 members (excludes halogenated alkanes) is 1. The Labute approximate surface area is 121 Å². The maximum Gasteiger partial charge on any atom is 0.217 e. The molecule has 1 aromatic rings. The van der Waals surface area contributed by atoms with Gasteiger partial charge in [-0.2, -0.15) is 0 Å². The van der Waals surface area contributed by atoms with Crippen molar-refractivity contribution >= 4 is 12.0 Å². The lowest BCUT2D eigenvalue weighted by Gasteiger charge is -2.14. The van der Waals surface area contributed by atoms with Crippen LogP contribution < -0.4 is 5.73 Å². The van der Waals surface area contributed by atoms with E-state index < -0.39 is 6.10 Å². The van der Waals surface area contributed by atoms with Gasteiger partial charge in [0, 0.05) is 6.42 Å². The number of aryl methyl sites for hydroxylation is 1. The van der Waals surface area contributed by atoms with Gasteiger partial charge in [0.05, 0.1) is 6.10 Å². The molecule has 1 amide bonds. The van der Waals surface area contributed by atoms with Crippen molar-refractivity contribution in [2.45, 2.75) is 52.1 Å². The summed E-state index contributed by atoms with van der Waals surface area (Å²) in [4.78, 5) is 10.7. The van der Waals surface area contributed by atoms with Gasteiger partial charge < -0.3 is 10.8 Å². The summed E-state index contributed by atoms with van der Waals surface area (Å²) in [6.07, 6.45) is 7.38. The zero-order chi connectivity index (χ0) is 15.0. The highest BCUT2D eigenvalue weighted by Crippen LogP contribution is 2.24. The van der Waals surface area contributed by atoms with Crippen molar-refractivity contribution in [2.75, 3.05) is 0 Å². The molecule has 0 radical (unpaired) electrons. The Morgan fingerprint density at radius 3 is 2.85 bits per heavy atom. The minimum atomic E-state index is -0.412. The highest BCUT2D eigenvalue weighted by molar-refractivity contribution is 5.73. The highest BCUT2D eigenvalue weighted by Gasteiger charge is 2.10. The number of rotatable bonds is 8. The van der Waals surface area contributed by atoms with Gasteiger partial charge in [-0.15, -0.1) is 0 Å². The number of allylic oxidation sites excluding steroid dienone is 1. The summed E-state index contributed by atoms with van der Waals surface area (Å²) in [7, 11) is 0. The molecule has 0 saturated carbocycles. The van der Waals surface area contributed by atoms with E-state index in [0.717, 1.165) is 42.4 Å². The summed E-state index contributed by atoms with van der Waals surface area (Å²) in [5.41, 5.74) is 8.29. The maximum atomic E-state index is 10.7. The molecule has 0 heterocycles. The number of carbonyl (C=O) groups excluding carboxylic acids is 1. The quantitative estimate of drug-likeness (QED) is 0.713. The van der Waals surface area contributed by atoms with Crippen molar-refractivity contribution in [1.82, 2.24) is 0 Å². The van der Waals surface area contributed by atoms with E-state index in [1.165, 1.54) is 0 Å². The second kappa shape index (κ2) is 8.54. The topological polar surface area (TPSA) is 63.3 Å².